The summed E-state index contributed by atoms with van der Waals surface area (Å²) in [6, 6.07) is 11.7. The van der Waals surface area contributed by atoms with E-state index in [1.165, 1.54) is 11.6 Å². The van der Waals surface area contributed by atoms with E-state index in [2.05, 4.69) is 16.4 Å². The predicted octanol–water partition coefficient (Wildman–Crippen LogP) is 4.05. The Morgan fingerprint density at radius 3 is 2.58 bits per heavy atom. The van der Waals surface area contributed by atoms with Crippen LogP contribution in [0.25, 0.3) is 0 Å². The van der Waals surface area contributed by atoms with E-state index in [0.717, 1.165) is 0 Å². The molecule has 4 heterocycles. The van der Waals surface area contributed by atoms with Crippen molar-refractivity contribution in [3.05, 3.63) is 88.1 Å². The molecule has 5 rings (SSSR count). The lowest BCUT2D eigenvalue weighted by atomic mass is 9.82. The van der Waals surface area contributed by atoms with Crippen LogP contribution in [0.5, 0.6) is 0 Å². The second-order valence-corrected chi connectivity index (χ2v) is 8.89. The maximum Gasteiger partial charge on any atom is 0.257 e. The van der Waals surface area contributed by atoms with Gasteiger partial charge in [0.2, 0.25) is 0 Å². The second kappa shape index (κ2) is 8.23. The van der Waals surface area contributed by atoms with Crippen LogP contribution in [-0.4, -0.2) is 52.3 Å². The van der Waals surface area contributed by atoms with Crippen molar-refractivity contribution >= 4 is 23.2 Å². The van der Waals surface area contributed by atoms with Crippen molar-refractivity contribution in [2.45, 2.75) is 18.4 Å². The number of benzene rings is 1. The number of fused-ring (bicyclic) bond motifs is 1. The van der Waals surface area contributed by atoms with Crippen LogP contribution in [0.4, 0.5) is 4.39 Å². The molecule has 2 fully saturated rings. The molecule has 0 spiro atoms. The molecule has 3 aromatic rings. The second-order valence-electron chi connectivity index (χ2n) is 8.11. The maximum absolute atomic E-state index is 14.3. The van der Waals surface area contributed by atoms with Crippen molar-refractivity contribution in [1.82, 2.24) is 14.8 Å². The number of piperidine rings is 1. The lowest BCUT2D eigenvalue weighted by Crippen LogP contribution is -2.49. The lowest BCUT2D eigenvalue weighted by Gasteiger charge is -2.39. The van der Waals surface area contributed by atoms with Gasteiger partial charge in [-0.3, -0.25) is 14.6 Å². The van der Waals surface area contributed by atoms with Crippen molar-refractivity contribution in [3.8, 4) is 0 Å². The van der Waals surface area contributed by atoms with Crippen molar-refractivity contribution in [1.29, 1.82) is 0 Å². The topological polar surface area (TPSA) is 53.5 Å². The van der Waals surface area contributed by atoms with E-state index in [4.69, 9.17) is 0 Å². The Morgan fingerprint density at radius 2 is 1.84 bits per heavy atom. The number of nitrogens with zero attached hydrogens (tertiary/aromatic N) is 3. The minimum Gasteiger partial charge on any atom is -0.338 e. The molecular formula is C24H22FN3O2S. The number of carbonyl (C=O) groups excluding carboxylic acids is 2. The van der Waals surface area contributed by atoms with Gasteiger partial charge in [-0.05, 0) is 53.1 Å². The number of rotatable bonds is 3. The van der Waals surface area contributed by atoms with E-state index in [-0.39, 0.29) is 35.3 Å². The van der Waals surface area contributed by atoms with Gasteiger partial charge in [-0.1, -0.05) is 12.1 Å². The monoisotopic (exact) mass is 435 g/mol. The number of carbonyl (C=O) groups is 2. The molecule has 0 N–H and O–H groups in total. The predicted molar refractivity (Wildman–Crippen MR) is 117 cm³/mol. The summed E-state index contributed by atoms with van der Waals surface area (Å²) in [4.78, 5) is 34.0. The first-order valence-electron chi connectivity index (χ1n) is 10.4. The van der Waals surface area contributed by atoms with Gasteiger partial charge in [0.15, 0.2) is 0 Å². The summed E-state index contributed by atoms with van der Waals surface area (Å²) in [5, 5.41) is 4.15. The standard InChI is InChI=1S/C24H22FN3O2S/c25-21-4-2-1-3-18(21)24(30)28-14-19(17-8-12-31-15-17)20-13-27(11-7-22(20)28)23(29)16-5-9-26-10-6-16/h1-6,8-10,12,15,19-20,22H,7,11,13-14H2/t19-,20-,22-/m1/s1. The van der Waals surface area contributed by atoms with Gasteiger partial charge in [0.1, 0.15) is 5.82 Å². The van der Waals surface area contributed by atoms with Crippen LogP contribution in [-0.2, 0) is 0 Å². The van der Waals surface area contributed by atoms with Crippen molar-refractivity contribution in [3.63, 3.8) is 0 Å². The fourth-order valence-corrected chi connectivity index (χ4v) is 5.68. The molecule has 7 heteroatoms. The number of hydrogen-bond donors (Lipinski definition) is 0. The molecule has 31 heavy (non-hydrogen) atoms. The highest BCUT2D eigenvalue weighted by Gasteiger charge is 2.48. The molecule has 2 aliphatic rings. The number of likely N-dealkylation sites (tertiary alicyclic amines) is 2. The molecule has 2 amide bonds. The van der Waals surface area contributed by atoms with Gasteiger partial charge < -0.3 is 9.80 Å². The Balaban J connectivity index is 1.43. The molecule has 0 radical (unpaired) electrons. The average molecular weight is 436 g/mol. The molecule has 2 saturated heterocycles. The summed E-state index contributed by atoms with van der Waals surface area (Å²) in [5.41, 5.74) is 1.92. The zero-order valence-electron chi connectivity index (χ0n) is 16.9. The van der Waals surface area contributed by atoms with E-state index in [1.54, 1.807) is 54.1 Å². The van der Waals surface area contributed by atoms with Crippen LogP contribution < -0.4 is 0 Å². The molecule has 158 valence electrons. The zero-order chi connectivity index (χ0) is 21.4. The van der Waals surface area contributed by atoms with Crippen molar-refractivity contribution < 1.29 is 14.0 Å². The Morgan fingerprint density at radius 1 is 1.03 bits per heavy atom. The number of thiophene rings is 1. The molecule has 5 nitrogen and oxygen atoms in total. The smallest absolute Gasteiger partial charge is 0.257 e. The van der Waals surface area contributed by atoms with Crippen LogP contribution in [0.1, 0.15) is 38.6 Å². The first kappa shape index (κ1) is 19.9. The van der Waals surface area contributed by atoms with Gasteiger partial charge in [0, 0.05) is 55.5 Å². The summed E-state index contributed by atoms with van der Waals surface area (Å²) in [6.45, 7) is 1.68. The van der Waals surface area contributed by atoms with Gasteiger partial charge in [0.25, 0.3) is 11.8 Å². The number of aromatic nitrogens is 1. The minimum absolute atomic E-state index is 0.0104. The normalized spacial score (nSPS) is 22.9. The minimum atomic E-state index is -0.492. The highest BCUT2D eigenvalue weighted by atomic mass is 32.1. The van der Waals surface area contributed by atoms with Crippen LogP contribution in [0, 0.1) is 11.7 Å². The first-order chi connectivity index (χ1) is 15.1. The molecule has 1 aromatic carbocycles. The maximum atomic E-state index is 14.3. The Bertz CT molecular complexity index is 1090. The van der Waals surface area contributed by atoms with Crippen LogP contribution in [0.15, 0.2) is 65.6 Å². The molecule has 2 aliphatic heterocycles. The SMILES string of the molecule is O=C(c1ccncc1)N1CC[C@@H]2[C@H](C1)[C@@H](c1ccsc1)CN2C(=O)c1ccccc1F. The van der Waals surface area contributed by atoms with E-state index < -0.39 is 5.82 Å². The number of amides is 2. The molecule has 2 aromatic heterocycles. The third-order valence-corrected chi connectivity index (χ3v) is 7.18. The van der Waals surface area contributed by atoms with Crippen molar-refractivity contribution in [2.75, 3.05) is 19.6 Å². The van der Waals surface area contributed by atoms with Crippen LogP contribution in [0.3, 0.4) is 0 Å². The third kappa shape index (κ3) is 3.63. The molecule has 0 unspecified atom stereocenters. The quantitative estimate of drug-likeness (QED) is 0.624. The van der Waals surface area contributed by atoms with Crippen molar-refractivity contribution in [2.24, 2.45) is 5.92 Å². The molecule has 0 bridgehead atoms. The highest BCUT2D eigenvalue weighted by Crippen LogP contribution is 2.43. The molecule has 3 atom stereocenters. The van der Waals surface area contributed by atoms with E-state index in [9.17, 15) is 14.0 Å². The molecular weight excluding hydrogens is 413 g/mol. The van der Waals surface area contributed by atoms with Gasteiger partial charge in [0.05, 0.1) is 5.56 Å². The van der Waals surface area contributed by atoms with Gasteiger partial charge in [-0.25, -0.2) is 4.39 Å². The number of hydrogen-bond acceptors (Lipinski definition) is 4. The summed E-state index contributed by atoms with van der Waals surface area (Å²) in [7, 11) is 0. The number of halogens is 1. The fraction of sp³-hybridized carbons (Fsp3) is 0.292. The van der Waals surface area contributed by atoms with E-state index >= 15 is 0 Å². The van der Waals surface area contributed by atoms with Crippen LogP contribution in [0.2, 0.25) is 0 Å². The first-order valence-corrected chi connectivity index (χ1v) is 11.3. The summed E-state index contributed by atoms with van der Waals surface area (Å²) >= 11 is 1.63. The van der Waals surface area contributed by atoms with Crippen LogP contribution >= 0.6 is 11.3 Å². The Kier molecular flexibility index (Phi) is 5.28. The highest BCUT2D eigenvalue weighted by molar-refractivity contribution is 7.08. The zero-order valence-corrected chi connectivity index (χ0v) is 17.7. The Hall–Kier alpha value is -3.06. The third-order valence-electron chi connectivity index (χ3n) is 6.48. The van der Waals surface area contributed by atoms with Gasteiger partial charge in [-0.2, -0.15) is 11.3 Å². The lowest BCUT2D eigenvalue weighted by molar-refractivity contribution is 0.0532. The van der Waals surface area contributed by atoms with Gasteiger partial charge in [-0.15, -0.1) is 0 Å². The average Bonchev–Trinajstić information content (AvgIpc) is 3.46. The van der Waals surface area contributed by atoms with Gasteiger partial charge >= 0.3 is 0 Å². The fourth-order valence-electron chi connectivity index (χ4n) is 4.96. The summed E-state index contributed by atoms with van der Waals surface area (Å²) in [5.74, 6) is -0.526. The summed E-state index contributed by atoms with van der Waals surface area (Å²) in [6.07, 6.45) is 3.93. The molecule has 0 saturated carbocycles. The largest absolute Gasteiger partial charge is 0.338 e. The van der Waals surface area contributed by atoms with E-state index in [0.29, 0.717) is 31.6 Å². The Labute approximate surface area is 184 Å². The molecule has 0 aliphatic carbocycles. The number of pyridine rings is 1. The summed E-state index contributed by atoms with van der Waals surface area (Å²) < 4.78 is 14.3. The van der Waals surface area contributed by atoms with E-state index in [1.807, 2.05) is 15.2 Å².